The molecule has 2 aromatic heterocycles. The van der Waals surface area contributed by atoms with E-state index in [1.165, 1.54) is 11.8 Å². The van der Waals surface area contributed by atoms with E-state index in [-0.39, 0.29) is 21.6 Å². The standard InChI is InChI=1S/C19H19N9O5S3/c1-9(34-18-20-23-24-21-18)11-12(13(29)10-7-5-4-6-8-10)28-15(30)14(33-3)16(28)36(31,32)17(11)35-19-22-25-26-27(19)2/h4-9,14,16-17H,1-3H3,(H,20,21,23,24). The number of methoxy groups -OCH3 is 1. The molecule has 4 heterocycles. The van der Waals surface area contributed by atoms with Crippen LogP contribution >= 0.6 is 23.5 Å². The van der Waals surface area contributed by atoms with Crippen LogP contribution in [0.3, 0.4) is 0 Å². The largest absolute Gasteiger partial charge is 0.368 e. The van der Waals surface area contributed by atoms with Crippen molar-refractivity contribution in [2.75, 3.05) is 7.11 Å². The second-order valence-electron chi connectivity index (χ2n) is 7.83. The normalized spacial score (nSPS) is 23.8. The number of rotatable bonds is 8. The second-order valence-corrected chi connectivity index (χ2v) is 12.6. The molecule has 5 rings (SSSR count). The SMILES string of the molecule is COC1C(=O)N2C(C(=O)c3ccccc3)=C(C(C)Sc3nn[nH]n3)C(Sc3nnnn3C)S(=O)(=O)C12. The third-order valence-electron chi connectivity index (χ3n) is 5.74. The van der Waals surface area contributed by atoms with Crippen LogP contribution in [-0.4, -0.2) is 94.3 Å². The van der Waals surface area contributed by atoms with Crippen molar-refractivity contribution in [3.8, 4) is 0 Å². The fraction of sp³-hybridized carbons (Fsp3) is 0.368. The number of tetrazole rings is 2. The van der Waals surface area contributed by atoms with Gasteiger partial charge in [0.1, 0.15) is 4.58 Å². The van der Waals surface area contributed by atoms with Gasteiger partial charge in [-0.25, -0.2) is 13.1 Å². The number of carbonyl (C=O) groups excluding carboxylic acids is 2. The Hall–Kier alpha value is -3.15. The van der Waals surface area contributed by atoms with E-state index in [9.17, 15) is 18.0 Å². The Morgan fingerprint density at radius 3 is 2.58 bits per heavy atom. The van der Waals surface area contributed by atoms with Crippen LogP contribution in [0.4, 0.5) is 0 Å². The molecule has 14 nitrogen and oxygen atoms in total. The molecular weight excluding hydrogens is 530 g/mol. The van der Waals surface area contributed by atoms with Crippen LogP contribution in [0, 0.1) is 0 Å². The number of nitrogens with one attached hydrogen (secondary N) is 1. The number of aromatic amines is 1. The summed E-state index contributed by atoms with van der Waals surface area (Å²) in [6.45, 7) is 1.71. The molecule has 188 valence electrons. The first-order chi connectivity index (χ1) is 17.3. The number of β-lactam (4-membered cyclic amide) rings is 1. The molecule has 2 aliphatic rings. The molecule has 0 spiro atoms. The van der Waals surface area contributed by atoms with Crippen LogP contribution in [0.5, 0.6) is 0 Å². The Kier molecular flexibility index (Phi) is 6.39. The van der Waals surface area contributed by atoms with Crippen LogP contribution < -0.4 is 0 Å². The van der Waals surface area contributed by atoms with Crippen LogP contribution in [0.15, 0.2) is 51.9 Å². The number of aryl methyl sites for hydroxylation is 1. The number of ketones is 1. The molecule has 1 amide bonds. The molecule has 0 aliphatic carbocycles. The number of thioether (sulfide) groups is 2. The fourth-order valence-electron chi connectivity index (χ4n) is 4.09. The zero-order valence-corrected chi connectivity index (χ0v) is 21.5. The van der Waals surface area contributed by atoms with Crippen molar-refractivity contribution >= 4 is 45.1 Å². The summed E-state index contributed by atoms with van der Waals surface area (Å²) in [6, 6.07) is 8.35. The summed E-state index contributed by atoms with van der Waals surface area (Å²) in [7, 11) is -1.29. The molecule has 0 bridgehead atoms. The Bertz CT molecular complexity index is 1440. The minimum Gasteiger partial charge on any atom is -0.368 e. The molecule has 0 saturated carbocycles. The summed E-state index contributed by atoms with van der Waals surface area (Å²) in [4.78, 5) is 28.0. The van der Waals surface area contributed by atoms with E-state index < -0.39 is 42.8 Å². The summed E-state index contributed by atoms with van der Waals surface area (Å²) >= 11 is 1.98. The third kappa shape index (κ3) is 3.91. The summed E-state index contributed by atoms with van der Waals surface area (Å²) in [5, 5.41) is 23.5. The number of carbonyl (C=O) groups is 2. The average Bonchev–Trinajstić information content (AvgIpc) is 3.52. The Morgan fingerprint density at radius 1 is 1.22 bits per heavy atom. The smallest absolute Gasteiger partial charge is 0.260 e. The van der Waals surface area contributed by atoms with E-state index in [0.29, 0.717) is 5.56 Å². The Labute approximate surface area is 213 Å². The number of hydrogen-bond donors (Lipinski definition) is 1. The van der Waals surface area contributed by atoms with E-state index in [0.717, 1.165) is 28.4 Å². The zero-order chi connectivity index (χ0) is 25.6. The predicted octanol–water partition coefficient (Wildman–Crippen LogP) is 0.0709. The number of nitrogens with zero attached hydrogens (tertiary/aromatic N) is 8. The van der Waals surface area contributed by atoms with Crippen molar-refractivity contribution in [3.63, 3.8) is 0 Å². The molecule has 2 aliphatic heterocycles. The number of H-pyrrole nitrogens is 1. The van der Waals surface area contributed by atoms with Crippen molar-refractivity contribution in [1.29, 1.82) is 0 Å². The summed E-state index contributed by atoms with van der Waals surface area (Å²) < 4.78 is 33.2. The van der Waals surface area contributed by atoms with Gasteiger partial charge in [0.2, 0.25) is 16.1 Å². The van der Waals surface area contributed by atoms with Gasteiger partial charge >= 0.3 is 0 Å². The van der Waals surface area contributed by atoms with Crippen LogP contribution in [0.2, 0.25) is 0 Å². The summed E-state index contributed by atoms with van der Waals surface area (Å²) in [5.41, 5.74) is 0.485. The zero-order valence-electron chi connectivity index (χ0n) is 19.0. The van der Waals surface area contributed by atoms with Crippen LogP contribution in [0.1, 0.15) is 17.3 Å². The van der Waals surface area contributed by atoms with Gasteiger partial charge in [-0.05, 0) is 28.1 Å². The molecule has 4 unspecified atom stereocenters. The monoisotopic (exact) mass is 549 g/mol. The van der Waals surface area contributed by atoms with E-state index in [4.69, 9.17) is 4.74 Å². The minimum absolute atomic E-state index is 0.0181. The third-order valence-corrected chi connectivity index (χ3v) is 10.8. The van der Waals surface area contributed by atoms with Crippen molar-refractivity contribution in [1.82, 2.24) is 45.7 Å². The second kappa shape index (κ2) is 9.38. The fourth-order valence-corrected chi connectivity index (χ4v) is 9.17. The van der Waals surface area contributed by atoms with Crippen molar-refractivity contribution in [2.45, 2.75) is 38.5 Å². The van der Waals surface area contributed by atoms with Crippen LogP contribution in [-0.2, 0) is 26.4 Å². The van der Waals surface area contributed by atoms with E-state index in [2.05, 4.69) is 36.1 Å². The van der Waals surface area contributed by atoms with E-state index in [1.54, 1.807) is 44.3 Å². The first-order valence-corrected chi connectivity index (χ1v) is 13.8. The topological polar surface area (TPSA) is 179 Å². The van der Waals surface area contributed by atoms with Crippen molar-refractivity contribution in [2.24, 2.45) is 7.05 Å². The maximum atomic E-state index is 14.0. The van der Waals surface area contributed by atoms with Gasteiger partial charge in [-0.3, -0.25) is 14.5 Å². The van der Waals surface area contributed by atoms with Gasteiger partial charge in [0.25, 0.3) is 5.91 Å². The average molecular weight is 550 g/mol. The minimum atomic E-state index is -4.13. The first kappa shape index (κ1) is 24.5. The number of allylic oxidation sites excluding steroid dienone is 1. The lowest BCUT2D eigenvalue weighted by Gasteiger charge is -2.51. The molecule has 4 atom stereocenters. The molecule has 1 fully saturated rings. The first-order valence-electron chi connectivity index (χ1n) is 10.5. The number of hydrogen-bond acceptors (Lipinski definition) is 13. The summed E-state index contributed by atoms with van der Waals surface area (Å²) in [6.07, 6.45) is -1.24. The van der Waals surface area contributed by atoms with Gasteiger partial charge in [0, 0.05) is 25.0 Å². The highest BCUT2D eigenvalue weighted by atomic mass is 32.3. The van der Waals surface area contributed by atoms with E-state index >= 15 is 0 Å². The Balaban J connectivity index is 1.73. The number of sulfone groups is 1. The van der Waals surface area contributed by atoms with Crippen LogP contribution in [0.25, 0.3) is 0 Å². The molecule has 17 heteroatoms. The van der Waals surface area contributed by atoms with Crippen molar-refractivity contribution in [3.05, 3.63) is 47.2 Å². The highest BCUT2D eigenvalue weighted by Crippen LogP contribution is 2.49. The molecule has 1 N–H and O–H groups in total. The number of Topliss-reactive ketones (excluding diaryl/α,β-unsaturated/α-hetero) is 1. The predicted molar refractivity (Wildman–Crippen MR) is 126 cm³/mol. The van der Waals surface area contributed by atoms with Gasteiger partial charge in [0.15, 0.2) is 21.3 Å². The van der Waals surface area contributed by atoms with Crippen molar-refractivity contribution < 1.29 is 22.7 Å². The highest BCUT2D eigenvalue weighted by molar-refractivity contribution is 8.14. The van der Waals surface area contributed by atoms with Gasteiger partial charge in [-0.1, -0.05) is 53.9 Å². The number of aromatic nitrogens is 8. The molecule has 0 radical (unpaired) electrons. The molecule has 1 saturated heterocycles. The van der Waals surface area contributed by atoms with Gasteiger partial charge in [0.05, 0.1) is 5.70 Å². The Morgan fingerprint density at radius 2 is 1.97 bits per heavy atom. The quantitative estimate of drug-likeness (QED) is 0.227. The molecule has 3 aromatic rings. The molecular formula is C19H19N9O5S3. The van der Waals surface area contributed by atoms with Gasteiger partial charge in [-0.15, -0.1) is 15.3 Å². The number of fused-ring (bicyclic) bond motifs is 1. The lowest BCUT2D eigenvalue weighted by atomic mass is 9.97. The molecule has 1 aromatic carbocycles. The lowest BCUT2D eigenvalue weighted by molar-refractivity contribution is -0.158. The maximum Gasteiger partial charge on any atom is 0.260 e. The molecule has 36 heavy (non-hydrogen) atoms. The van der Waals surface area contributed by atoms with Gasteiger partial charge < -0.3 is 4.74 Å². The summed E-state index contributed by atoms with van der Waals surface area (Å²) in [5.74, 6) is -1.10. The van der Waals surface area contributed by atoms with E-state index in [1.807, 2.05) is 0 Å². The maximum absolute atomic E-state index is 14.0. The number of amides is 1. The number of ether oxygens (including phenoxy) is 1. The van der Waals surface area contributed by atoms with Gasteiger partial charge in [-0.2, -0.15) is 5.21 Å². The highest BCUT2D eigenvalue weighted by Gasteiger charge is 2.64. The lowest BCUT2D eigenvalue weighted by Crippen LogP contribution is -2.72. The number of benzene rings is 1.